The predicted molar refractivity (Wildman–Crippen MR) is 74.1 cm³/mol. The van der Waals surface area contributed by atoms with Crippen LogP contribution in [0.15, 0.2) is 0 Å². The van der Waals surface area contributed by atoms with E-state index in [9.17, 15) is 9.36 Å². The van der Waals surface area contributed by atoms with Crippen LogP contribution in [0.4, 0.5) is 0 Å². The maximum Gasteiger partial charge on any atom is 0.397 e. The van der Waals surface area contributed by atoms with Crippen molar-refractivity contribution in [3.63, 3.8) is 0 Å². The number of hydrogen-bond acceptors (Lipinski definition) is 4. The van der Waals surface area contributed by atoms with Gasteiger partial charge in [-0.25, -0.2) is 0 Å². The molecule has 0 aromatic rings. The van der Waals surface area contributed by atoms with Crippen LogP contribution in [0.2, 0.25) is 0 Å². The summed E-state index contributed by atoms with van der Waals surface area (Å²) in [5.41, 5.74) is -0.374. The van der Waals surface area contributed by atoms with Gasteiger partial charge in [-0.05, 0) is 19.3 Å². The van der Waals surface area contributed by atoms with Crippen LogP contribution in [-0.4, -0.2) is 18.7 Å². The Bertz CT molecular complexity index is 362. The molecule has 1 aliphatic carbocycles. The molecule has 0 radical (unpaired) electrons. The summed E-state index contributed by atoms with van der Waals surface area (Å²) >= 11 is 0. The Kier molecular flexibility index (Phi) is 4.86. The molecular formula is C14H25O4P. The first-order chi connectivity index (χ1) is 8.99. The third kappa shape index (κ3) is 3.48. The molecule has 1 aliphatic heterocycles. The van der Waals surface area contributed by atoms with Gasteiger partial charge in [-0.2, -0.15) is 0 Å². The van der Waals surface area contributed by atoms with Crippen molar-refractivity contribution in [2.24, 2.45) is 11.3 Å². The highest BCUT2D eigenvalue weighted by Crippen LogP contribution is 2.57. The molecule has 2 rings (SSSR count). The Balaban J connectivity index is 1.97. The summed E-state index contributed by atoms with van der Waals surface area (Å²) in [6, 6.07) is 0. The molecule has 0 bridgehead atoms. The van der Waals surface area contributed by atoms with E-state index in [1.54, 1.807) is 0 Å². The van der Waals surface area contributed by atoms with Crippen molar-refractivity contribution in [1.29, 1.82) is 0 Å². The minimum absolute atomic E-state index is 0.102. The van der Waals surface area contributed by atoms with Gasteiger partial charge in [0.05, 0.1) is 13.2 Å². The summed E-state index contributed by atoms with van der Waals surface area (Å²) in [6.07, 6.45) is 6.93. The van der Waals surface area contributed by atoms with Gasteiger partial charge in [-0.15, -0.1) is 0 Å². The highest BCUT2D eigenvalue weighted by Gasteiger charge is 2.46. The van der Waals surface area contributed by atoms with E-state index in [2.05, 4.69) is 13.8 Å². The van der Waals surface area contributed by atoms with Gasteiger partial charge in [0.25, 0.3) is 0 Å². The standard InChI is InChI=1S/C14H25O4P/c1-3-9-14(2)10-17-19(16,18-11-14)13(15)12-7-5-4-6-8-12/h12H,3-11H2,1-2H3. The van der Waals surface area contributed by atoms with Crippen LogP contribution < -0.4 is 0 Å². The zero-order chi connectivity index (χ0) is 13.9. The molecule has 0 N–H and O–H groups in total. The number of rotatable bonds is 4. The maximum absolute atomic E-state index is 12.5. The molecule has 2 aliphatic rings. The first-order valence-electron chi connectivity index (χ1n) is 7.43. The lowest BCUT2D eigenvalue weighted by atomic mass is 9.88. The van der Waals surface area contributed by atoms with Crippen molar-refractivity contribution >= 4 is 13.1 Å². The molecule has 0 aromatic carbocycles. The van der Waals surface area contributed by atoms with E-state index in [-0.39, 0.29) is 16.9 Å². The second-order valence-electron chi connectivity index (χ2n) is 6.28. The van der Waals surface area contributed by atoms with Crippen LogP contribution in [0.25, 0.3) is 0 Å². The number of hydrogen-bond donors (Lipinski definition) is 0. The van der Waals surface area contributed by atoms with Gasteiger partial charge < -0.3 is 9.05 Å². The molecule has 0 spiro atoms. The van der Waals surface area contributed by atoms with Crippen molar-refractivity contribution in [3.8, 4) is 0 Å². The van der Waals surface area contributed by atoms with Gasteiger partial charge in [0.15, 0.2) is 0 Å². The van der Waals surface area contributed by atoms with E-state index in [1.165, 1.54) is 6.42 Å². The summed E-state index contributed by atoms with van der Waals surface area (Å²) in [4.78, 5) is 12.3. The molecule has 1 saturated carbocycles. The Morgan fingerprint density at radius 1 is 1.21 bits per heavy atom. The molecule has 0 unspecified atom stereocenters. The molecule has 0 amide bonds. The fourth-order valence-electron chi connectivity index (χ4n) is 3.01. The van der Waals surface area contributed by atoms with Crippen LogP contribution in [0, 0.1) is 11.3 Å². The summed E-state index contributed by atoms with van der Waals surface area (Å²) in [6.45, 7) is 4.91. The van der Waals surface area contributed by atoms with E-state index < -0.39 is 7.60 Å². The Labute approximate surface area is 115 Å². The lowest BCUT2D eigenvalue weighted by Crippen LogP contribution is -2.35. The zero-order valence-electron chi connectivity index (χ0n) is 12.0. The third-order valence-electron chi connectivity index (χ3n) is 4.24. The molecule has 110 valence electrons. The fraction of sp³-hybridized carbons (Fsp3) is 0.929. The number of carbonyl (C=O) groups is 1. The van der Waals surface area contributed by atoms with E-state index >= 15 is 0 Å². The molecule has 0 aromatic heterocycles. The Morgan fingerprint density at radius 3 is 2.32 bits per heavy atom. The third-order valence-corrected chi connectivity index (χ3v) is 6.09. The van der Waals surface area contributed by atoms with Crippen LogP contribution in [0.1, 0.15) is 58.8 Å². The van der Waals surface area contributed by atoms with Crippen molar-refractivity contribution in [2.45, 2.75) is 58.8 Å². The minimum Gasteiger partial charge on any atom is -0.303 e. The number of carbonyl (C=O) groups excluding carboxylic acids is 1. The minimum atomic E-state index is -3.52. The lowest BCUT2D eigenvalue weighted by molar-refractivity contribution is -0.119. The van der Waals surface area contributed by atoms with Crippen LogP contribution >= 0.6 is 7.60 Å². The van der Waals surface area contributed by atoms with Gasteiger partial charge in [-0.3, -0.25) is 9.36 Å². The molecule has 19 heavy (non-hydrogen) atoms. The Hall–Kier alpha value is -0.180. The lowest BCUT2D eigenvalue weighted by Gasteiger charge is -2.37. The SMILES string of the molecule is CCCC1(C)COP(=O)(C(=O)C2CCCCC2)OC1. The molecule has 0 atom stereocenters. The Morgan fingerprint density at radius 2 is 1.79 bits per heavy atom. The summed E-state index contributed by atoms with van der Waals surface area (Å²) in [5, 5.41) is 0. The van der Waals surface area contributed by atoms with E-state index in [1.807, 2.05) is 0 Å². The van der Waals surface area contributed by atoms with Gasteiger partial charge in [0.1, 0.15) is 0 Å². The highest BCUT2D eigenvalue weighted by atomic mass is 31.2. The maximum atomic E-state index is 12.5. The van der Waals surface area contributed by atoms with Gasteiger partial charge in [0.2, 0.25) is 5.52 Å². The topological polar surface area (TPSA) is 52.6 Å². The normalized spacial score (nSPS) is 37.2. The van der Waals surface area contributed by atoms with Gasteiger partial charge in [0, 0.05) is 11.3 Å². The molecule has 1 saturated heterocycles. The highest BCUT2D eigenvalue weighted by molar-refractivity contribution is 7.71. The van der Waals surface area contributed by atoms with Crippen molar-refractivity contribution in [2.75, 3.05) is 13.2 Å². The quantitative estimate of drug-likeness (QED) is 0.729. The molecule has 5 heteroatoms. The molecule has 1 heterocycles. The average molecular weight is 288 g/mol. The van der Waals surface area contributed by atoms with E-state index in [0.29, 0.717) is 13.2 Å². The molecular weight excluding hydrogens is 263 g/mol. The second kappa shape index (κ2) is 6.07. The fourth-order valence-corrected chi connectivity index (χ4v) is 5.01. The van der Waals surface area contributed by atoms with E-state index in [4.69, 9.17) is 9.05 Å². The summed E-state index contributed by atoms with van der Waals surface area (Å²) in [5.74, 6) is -0.116. The monoisotopic (exact) mass is 288 g/mol. The van der Waals surface area contributed by atoms with E-state index in [0.717, 1.165) is 38.5 Å². The zero-order valence-corrected chi connectivity index (χ0v) is 12.9. The van der Waals surface area contributed by atoms with Crippen LogP contribution in [0.5, 0.6) is 0 Å². The van der Waals surface area contributed by atoms with Crippen molar-refractivity contribution < 1.29 is 18.4 Å². The van der Waals surface area contributed by atoms with Gasteiger partial charge >= 0.3 is 7.60 Å². The first-order valence-corrected chi connectivity index (χ1v) is 8.97. The average Bonchev–Trinajstić information content (AvgIpc) is 2.43. The predicted octanol–water partition coefficient (Wildman–Crippen LogP) is 4.14. The summed E-state index contributed by atoms with van der Waals surface area (Å²) < 4.78 is 23.4. The summed E-state index contributed by atoms with van der Waals surface area (Å²) in [7, 11) is -3.52. The van der Waals surface area contributed by atoms with Crippen LogP contribution in [-0.2, 0) is 18.4 Å². The van der Waals surface area contributed by atoms with Crippen molar-refractivity contribution in [1.82, 2.24) is 0 Å². The first kappa shape index (κ1) is 15.2. The largest absolute Gasteiger partial charge is 0.397 e. The smallest absolute Gasteiger partial charge is 0.303 e. The second-order valence-corrected chi connectivity index (χ2v) is 8.23. The van der Waals surface area contributed by atoms with Gasteiger partial charge in [-0.1, -0.05) is 39.5 Å². The van der Waals surface area contributed by atoms with Crippen LogP contribution in [0.3, 0.4) is 0 Å². The molecule has 4 nitrogen and oxygen atoms in total. The van der Waals surface area contributed by atoms with Crippen molar-refractivity contribution in [3.05, 3.63) is 0 Å². The molecule has 2 fully saturated rings.